The smallest absolute Gasteiger partial charge is 0.205 e. The number of halogens is 1. The van der Waals surface area contributed by atoms with Gasteiger partial charge in [-0.2, -0.15) is 0 Å². The highest BCUT2D eigenvalue weighted by Crippen LogP contribution is 2.31. The van der Waals surface area contributed by atoms with E-state index in [4.69, 9.17) is 17.3 Å². The Kier molecular flexibility index (Phi) is 3.26. The first-order valence-corrected chi connectivity index (χ1v) is 7.07. The summed E-state index contributed by atoms with van der Waals surface area (Å²) in [6.07, 6.45) is 0. The van der Waals surface area contributed by atoms with Gasteiger partial charge in [0.05, 0.1) is 21.7 Å². The fourth-order valence-corrected chi connectivity index (χ4v) is 2.84. The summed E-state index contributed by atoms with van der Waals surface area (Å²) in [6, 6.07) is 11.8. The van der Waals surface area contributed by atoms with Gasteiger partial charge in [-0.1, -0.05) is 23.7 Å². The first kappa shape index (κ1) is 13.8. The molecule has 0 spiro atoms. The van der Waals surface area contributed by atoms with E-state index in [0.29, 0.717) is 11.0 Å². The van der Waals surface area contributed by atoms with Gasteiger partial charge in [-0.15, -0.1) is 0 Å². The van der Waals surface area contributed by atoms with Crippen molar-refractivity contribution in [3.05, 3.63) is 47.0 Å². The predicted octanol–water partition coefficient (Wildman–Crippen LogP) is 3.64. The Balaban J connectivity index is 2.30. The Morgan fingerprint density at radius 3 is 2.67 bits per heavy atom. The van der Waals surface area contributed by atoms with E-state index in [1.54, 1.807) is 0 Å². The van der Waals surface area contributed by atoms with E-state index in [0.717, 1.165) is 22.4 Å². The van der Waals surface area contributed by atoms with Gasteiger partial charge in [0.2, 0.25) is 5.95 Å². The van der Waals surface area contributed by atoms with E-state index in [9.17, 15) is 0 Å². The monoisotopic (exact) mass is 300 g/mol. The van der Waals surface area contributed by atoms with E-state index in [1.165, 1.54) is 5.56 Å². The van der Waals surface area contributed by atoms with Gasteiger partial charge < -0.3 is 10.6 Å². The molecule has 0 aliphatic heterocycles. The van der Waals surface area contributed by atoms with Crippen LogP contribution in [0.15, 0.2) is 36.4 Å². The molecule has 1 aromatic heterocycles. The molecule has 108 valence electrons. The molecule has 0 aliphatic rings. The second-order valence-corrected chi connectivity index (χ2v) is 5.69. The topological polar surface area (TPSA) is 47.1 Å². The molecule has 1 heterocycles. The molecule has 4 nitrogen and oxygen atoms in total. The van der Waals surface area contributed by atoms with Gasteiger partial charge in [-0.25, -0.2) is 4.98 Å². The standard InChI is InChI=1S/C16H17ClN4/c1-10-7-8-11(9-14(10)20(2)3)21-15-12(17)5-4-6-13(15)19-16(21)18/h4-9H,1-3H3,(H2,18,19). The number of aromatic nitrogens is 2. The number of aryl methyl sites for hydroxylation is 1. The first-order chi connectivity index (χ1) is 9.99. The minimum atomic E-state index is 0.437. The van der Waals surface area contributed by atoms with Crippen molar-refractivity contribution in [1.82, 2.24) is 9.55 Å². The molecule has 5 heteroatoms. The predicted molar refractivity (Wildman–Crippen MR) is 89.6 cm³/mol. The molecular formula is C16H17ClN4. The van der Waals surface area contributed by atoms with Crippen molar-refractivity contribution in [2.45, 2.75) is 6.92 Å². The van der Waals surface area contributed by atoms with E-state index in [1.807, 2.05) is 42.9 Å². The second kappa shape index (κ2) is 4.97. The second-order valence-electron chi connectivity index (χ2n) is 5.28. The van der Waals surface area contributed by atoms with Crippen LogP contribution in [0.3, 0.4) is 0 Å². The molecule has 2 N–H and O–H groups in total. The zero-order chi connectivity index (χ0) is 15.1. The Morgan fingerprint density at radius 1 is 1.19 bits per heavy atom. The summed E-state index contributed by atoms with van der Waals surface area (Å²) in [5, 5.41) is 0.642. The van der Waals surface area contributed by atoms with E-state index < -0.39 is 0 Å². The van der Waals surface area contributed by atoms with E-state index in [2.05, 4.69) is 28.9 Å². The minimum absolute atomic E-state index is 0.437. The van der Waals surface area contributed by atoms with Crippen molar-refractivity contribution in [3.8, 4) is 5.69 Å². The van der Waals surface area contributed by atoms with Crippen LogP contribution in [0.2, 0.25) is 5.02 Å². The number of nitrogens with zero attached hydrogens (tertiary/aromatic N) is 3. The molecule has 2 aromatic carbocycles. The maximum Gasteiger partial charge on any atom is 0.205 e. The van der Waals surface area contributed by atoms with Crippen LogP contribution in [0.4, 0.5) is 11.6 Å². The van der Waals surface area contributed by atoms with Gasteiger partial charge in [0.1, 0.15) is 0 Å². The van der Waals surface area contributed by atoms with Crippen molar-refractivity contribution < 1.29 is 0 Å². The summed E-state index contributed by atoms with van der Waals surface area (Å²) in [5.74, 6) is 0.437. The Bertz CT molecular complexity index is 821. The summed E-state index contributed by atoms with van der Waals surface area (Å²) >= 11 is 6.33. The van der Waals surface area contributed by atoms with Crippen molar-refractivity contribution in [3.63, 3.8) is 0 Å². The van der Waals surface area contributed by atoms with Crippen molar-refractivity contribution in [2.75, 3.05) is 24.7 Å². The fourth-order valence-electron chi connectivity index (χ4n) is 2.58. The summed E-state index contributed by atoms with van der Waals surface area (Å²) in [7, 11) is 4.04. The summed E-state index contributed by atoms with van der Waals surface area (Å²) in [6.45, 7) is 2.08. The third kappa shape index (κ3) is 2.21. The number of benzene rings is 2. The number of nitrogen functional groups attached to an aromatic ring is 1. The quantitative estimate of drug-likeness (QED) is 0.786. The number of hydrogen-bond donors (Lipinski definition) is 1. The van der Waals surface area contributed by atoms with Crippen LogP contribution >= 0.6 is 11.6 Å². The van der Waals surface area contributed by atoms with Gasteiger partial charge in [0.15, 0.2) is 0 Å². The van der Waals surface area contributed by atoms with E-state index >= 15 is 0 Å². The van der Waals surface area contributed by atoms with Gasteiger partial charge in [0, 0.05) is 19.8 Å². The molecule has 21 heavy (non-hydrogen) atoms. The minimum Gasteiger partial charge on any atom is -0.377 e. The van der Waals surface area contributed by atoms with E-state index in [-0.39, 0.29) is 0 Å². The summed E-state index contributed by atoms with van der Waals surface area (Å²) < 4.78 is 1.89. The third-order valence-corrected chi connectivity index (χ3v) is 3.89. The molecule has 0 saturated carbocycles. The Morgan fingerprint density at radius 2 is 1.95 bits per heavy atom. The number of para-hydroxylation sites is 1. The normalized spacial score (nSPS) is 11.0. The van der Waals surface area contributed by atoms with Crippen LogP contribution < -0.4 is 10.6 Å². The van der Waals surface area contributed by atoms with Crippen LogP contribution in [0, 0.1) is 6.92 Å². The number of hydrogen-bond acceptors (Lipinski definition) is 3. The Hall–Kier alpha value is -2.20. The highest BCUT2D eigenvalue weighted by molar-refractivity contribution is 6.35. The lowest BCUT2D eigenvalue weighted by molar-refractivity contribution is 1.08. The van der Waals surface area contributed by atoms with Gasteiger partial charge >= 0.3 is 0 Å². The first-order valence-electron chi connectivity index (χ1n) is 6.70. The van der Waals surface area contributed by atoms with Crippen molar-refractivity contribution >= 4 is 34.3 Å². The molecule has 0 unspecified atom stereocenters. The van der Waals surface area contributed by atoms with Gasteiger partial charge in [-0.05, 0) is 36.8 Å². The van der Waals surface area contributed by atoms with Gasteiger partial charge in [0.25, 0.3) is 0 Å². The Labute approximate surface area is 128 Å². The molecule has 0 aliphatic carbocycles. The highest BCUT2D eigenvalue weighted by atomic mass is 35.5. The number of rotatable bonds is 2. The zero-order valence-corrected chi connectivity index (χ0v) is 13.0. The lowest BCUT2D eigenvalue weighted by Crippen LogP contribution is -2.11. The van der Waals surface area contributed by atoms with Crippen LogP contribution in [0.25, 0.3) is 16.7 Å². The SMILES string of the molecule is Cc1ccc(-n2c(N)nc3cccc(Cl)c32)cc1N(C)C. The fraction of sp³-hybridized carbons (Fsp3) is 0.188. The van der Waals surface area contributed by atoms with Crippen molar-refractivity contribution in [2.24, 2.45) is 0 Å². The zero-order valence-electron chi connectivity index (χ0n) is 12.3. The van der Waals surface area contributed by atoms with Crippen LogP contribution in [-0.2, 0) is 0 Å². The van der Waals surface area contributed by atoms with Crippen molar-refractivity contribution in [1.29, 1.82) is 0 Å². The highest BCUT2D eigenvalue weighted by Gasteiger charge is 2.14. The average molecular weight is 301 g/mol. The van der Waals surface area contributed by atoms with Crippen LogP contribution in [0.1, 0.15) is 5.56 Å². The molecule has 0 fully saturated rings. The molecule has 0 atom stereocenters. The molecule has 0 saturated heterocycles. The molecule has 0 bridgehead atoms. The lowest BCUT2D eigenvalue weighted by Gasteiger charge is -2.18. The number of fused-ring (bicyclic) bond motifs is 1. The van der Waals surface area contributed by atoms with Crippen LogP contribution in [0.5, 0.6) is 0 Å². The summed E-state index contributed by atoms with van der Waals surface area (Å²) in [5.41, 5.74) is 11.0. The molecule has 3 rings (SSSR count). The number of anilines is 2. The van der Waals surface area contributed by atoms with Gasteiger partial charge in [-0.3, -0.25) is 4.57 Å². The molecule has 3 aromatic rings. The lowest BCUT2D eigenvalue weighted by atomic mass is 10.1. The maximum absolute atomic E-state index is 6.33. The maximum atomic E-state index is 6.33. The molecular weight excluding hydrogens is 284 g/mol. The molecule has 0 radical (unpaired) electrons. The number of imidazole rings is 1. The average Bonchev–Trinajstić information content (AvgIpc) is 2.77. The third-order valence-electron chi connectivity index (χ3n) is 3.59. The van der Waals surface area contributed by atoms with Crippen LogP contribution in [-0.4, -0.2) is 23.6 Å². The largest absolute Gasteiger partial charge is 0.377 e. The molecule has 0 amide bonds. The summed E-state index contributed by atoms with van der Waals surface area (Å²) in [4.78, 5) is 6.47. The number of nitrogens with two attached hydrogens (primary N) is 1.